The molecule has 0 spiro atoms. The van der Waals surface area contributed by atoms with E-state index in [0.29, 0.717) is 23.1 Å². The number of carbonyl (C=O) groups is 2. The van der Waals surface area contributed by atoms with Gasteiger partial charge in [0.25, 0.3) is 0 Å². The van der Waals surface area contributed by atoms with Crippen LogP contribution in [0.2, 0.25) is 10.0 Å². The summed E-state index contributed by atoms with van der Waals surface area (Å²) in [6, 6.07) is 12.2. The predicted molar refractivity (Wildman–Crippen MR) is 118 cm³/mol. The fourth-order valence-corrected chi connectivity index (χ4v) is 3.50. The van der Waals surface area contributed by atoms with E-state index in [4.69, 9.17) is 23.2 Å². The van der Waals surface area contributed by atoms with Crippen molar-refractivity contribution in [3.05, 3.63) is 68.1 Å². The highest BCUT2D eigenvalue weighted by atomic mass is 79.9. The van der Waals surface area contributed by atoms with Gasteiger partial charge in [-0.3, -0.25) is 9.59 Å². The Labute approximate surface area is 184 Å². The van der Waals surface area contributed by atoms with Gasteiger partial charge in [-0.2, -0.15) is 0 Å². The molecule has 0 fully saturated rings. The summed E-state index contributed by atoms with van der Waals surface area (Å²) in [5.74, 6) is -0.322. The lowest BCUT2D eigenvalue weighted by atomic mass is 10.1. The molecule has 0 bridgehead atoms. The first-order valence-corrected chi connectivity index (χ1v) is 10.6. The first-order valence-electron chi connectivity index (χ1n) is 9.07. The number of hydrogen-bond acceptors (Lipinski definition) is 2. The second-order valence-corrected chi connectivity index (χ2v) is 8.27. The monoisotopic (exact) mass is 484 g/mol. The Balaban J connectivity index is 2.23. The van der Waals surface area contributed by atoms with Crippen LogP contribution in [0.15, 0.2) is 46.9 Å². The van der Waals surface area contributed by atoms with Crippen LogP contribution >= 0.6 is 39.1 Å². The molecule has 2 amide bonds. The van der Waals surface area contributed by atoms with Gasteiger partial charge in [-0.1, -0.05) is 64.3 Å². The number of hydrogen-bond donors (Lipinski definition) is 1. The van der Waals surface area contributed by atoms with Crippen molar-refractivity contribution in [2.45, 2.75) is 39.3 Å². The molecule has 0 heterocycles. The highest BCUT2D eigenvalue weighted by Gasteiger charge is 2.26. The molecule has 0 aromatic heterocycles. The topological polar surface area (TPSA) is 49.4 Å². The normalized spacial score (nSPS) is 11.8. The standard InChI is InChI=1S/C21H23BrCl2N2O2/c1-3-9-25-21(28)14(2)26(13-16-5-4-6-17(22)10-16)20(27)12-15-7-8-18(23)19(24)11-15/h4-8,10-11,14H,3,9,12-13H2,1-2H3,(H,25,28)/t14-/m0/s1. The number of halogens is 3. The first-order chi connectivity index (χ1) is 13.3. The number of benzene rings is 2. The Bertz CT molecular complexity index is 845. The molecule has 0 aliphatic heterocycles. The molecule has 0 aliphatic carbocycles. The fraction of sp³-hybridized carbons (Fsp3) is 0.333. The maximum absolute atomic E-state index is 13.1. The molecule has 2 aromatic rings. The van der Waals surface area contributed by atoms with E-state index < -0.39 is 6.04 Å². The molecule has 7 heteroatoms. The third-order valence-electron chi connectivity index (χ3n) is 4.30. The zero-order chi connectivity index (χ0) is 20.7. The van der Waals surface area contributed by atoms with Gasteiger partial charge in [0.2, 0.25) is 11.8 Å². The zero-order valence-corrected chi connectivity index (χ0v) is 18.9. The predicted octanol–water partition coefficient (Wildman–Crippen LogP) is 5.24. The van der Waals surface area contributed by atoms with Crippen LogP contribution in [0.1, 0.15) is 31.4 Å². The number of rotatable bonds is 8. The van der Waals surface area contributed by atoms with Gasteiger partial charge < -0.3 is 10.2 Å². The van der Waals surface area contributed by atoms with Gasteiger partial charge in [-0.05, 0) is 48.7 Å². The van der Waals surface area contributed by atoms with Crippen molar-refractivity contribution in [1.82, 2.24) is 10.2 Å². The average Bonchev–Trinajstić information content (AvgIpc) is 2.66. The van der Waals surface area contributed by atoms with Crippen molar-refractivity contribution in [3.8, 4) is 0 Å². The molecular weight excluding hydrogens is 463 g/mol. The van der Waals surface area contributed by atoms with Crippen LogP contribution in [0.3, 0.4) is 0 Å². The lowest BCUT2D eigenvalue weighted by molar-refractivity contribution is -0.140. The van der Waals surface area contributed by atoms with Crippen molar-refractivity contribution >= 4 is 50.9 Å². The van der Waals surface area contributed by atoms with Crippen molar-refractivity contribution in [2.75, 3.05) is 6.54 Å². The Morgan fingerprint density at radius 1 is 1.11 bits per heavy atom. The summed E-state index contributed by atoms with van der Waals surface area (Å²) in [5, 5.41) is 3.71. The number of amides is 2. The van der Waals surface area contributed by atoms with Crippen molar-refractivity contribution < 1.29 is 9.59 Å². The number of nitrogens with zero attached hydrogens (tertiary/aromatic N) is 1. The molecule has 0 aliphatic rings. The molecule has 2 rings (SSSR count). The fourth-order valence-electron chi connectivity index (χ4n) is 2.74. The van der Waals surface area contributed by atoms with Crippen LogP contribution in [0, 0.1) is 0 Å². The second-order valence-electron chi connectivity index (χ2n) is 6.54. The van der Waals surface area contributed by atoms with Crippen LogP contribution < -0.4 is 5.32 Å². The summed E-state index contributed by atoms with van der Waals surface area (Å²) < 4.78 is 0.921. The summed E-state index contributed by atoms with van der Waals surface area (Å²) in [7, 11) is 0. The maximum Gasteiger partial charge on any atom is 0.242 e. The van der Waals surface area contributed by atoms with Gasteiger partial charge in [0.05, 0.1) is 16.5 Å². The molecule has 1 N–H and O–H groups in total. The van der Waals surface area contributed by atoms with E-state index in [1.165, 1.54) is 0 Å². The Kier molecular flexibility index (Phi) is 8.80. The quantitative estimate of drug-likeness (QED) is 0.555. The molecule has 4 nitrogen and oxygen atoms in total. The molecule has 1 atom stereocenters. The average molecular weight is 486 g/mol. The van der Waals surface area contributed by atoms with Gasteiger partial charge >= 0.3 is 0 Å². The van der Waals surface area contributed by atoms with Crippen LogP contribution in [-0.2, 0) is 22.6 Å². The smallest absolute Gasteiger partial charge is 0.242 e. The van der Waals surface area contributed by atoms with E-state index in [-0.39, 0.29) is 18.2 Å². The Morgan fingerprint density at radius 2 is 1.86 bits per heavy atom. The van der Waals surface area contributed by atoms with E-state index >= 15 is 0 Å². The molecule has 0 unspecified atom stereocenters. The van der Waals surface area contributed by atoms with Crippen LogP contribution in [-0.4, -0.2) is 29.3 Å². The molecule has 28 heavy (non-hydrogen) atoms. The van der Waals surface area contributed by atoms with Crippen molar-refractivity contribution in [2.24, 2.45) is 0 Å². The van der Waals surface area contributed by atoms with Gasteiger partial charge in [-0.25, -0.2) is 0 Å². The molecule has 2 aromatic carbocycles. The summed E-state index contributed by atoms with van der Waals surface area (Å²) >= 11 is 15.5. The minimum atomic E-state index is -0.596. The Hall–Kier alpha value is -1.56. The van der Waals surface area contributed by atoms with Gasteiger partial charge in [0.15, 0.2) is 0 Å². The summed E-state index contributed by atoms with van der Waals surface area (Å²) in [5.41, 5.74) is 1.69. The molecule has 150 valence electrons. The largest absolute Gasteiger partial charge is 0.354 e. The Morgan fingerprint density at radius 3 is 2.50 bits per heavy atom. The molecule has 0 saturated carbocycles. The summed E-state index contributed by atoms with van der Waals surface area (Å²) in [6.07, 6.45) is 0.970. The molecule has 0 saturated heterocycles. The van der Waals surface area contributed by atoms with E-state index in [2.05, 4.69) is 21.2 Å². The SMILES string of the molecule is CCCNC(=O)[C@H](C)N(Cc1cccc(Br)c1)C(=O)Cc1ccc(Cl)c(Cl)c1. The molecule has 0 radical (unpaired) electrons. The minimum absolute atomic E-state index is 0.135. The van der Waals surface area contributed by atoms with Gasteiger partial charge in [0.1, 0.15) is 6.04 Å². The van der Waals surface area contributed by atoms with Crippen LogP contribution in [0.25, 0.3) is 0 Å². The van der Waals surface area contributed by atoms with E-state index in [1.54, 1.807) is 30.0 Å². The summed E-state index contributed by atoms with van der Waals surface area (Å²) in [6.45, 7) is 4.64. The van der Waals surface area contributed by atoms with Crippen molar-refractivity contribution in [3.63, 3.8) is 0 Å². The van der Waals surface area contributed by atoms with Crippen molar-refractivity contribution in [1.29, 1.82) is 0 Å². The van der Waals surface area contributed by atoms with Gasteiger partial charge in [-0.15, -0.1) is 0 Å². The molecular formula is C21H23BrCl2N2O2. The van der Waals surface area contributed by atoms with E-state index in [1.807, 2.05) is 31.2 Å². The third-order valence-corrected chi connectivity index (χ3v) is 5.53. The van der Waals surface area contributed by atoms with E-state index in [9.17, 15) is 9.59 Å². The lowest BCUT2D eigenvalue weighted by Crippen LogP contribution is -2.48. The summed E-state index contributed by atoms with van der Waals surface area (Å²) in [4.78, 5) is 27.2. The minimum Gasteiger partial charge on any atom is -0.354 e. The third kappa shape index (κ3) is 6.50. The van der Waals surface area contributed by atoms with E-state index in [0.717, 1.165) is 22.0 Å². The first kappa shape index (κ1) is 22.7. The number of nitrogens with one attached hydrogen (secondary N) is 1. The second kappa shape index (κ2) is 10.8. The maximum atomic E-state index is 13.1. The van der Waals surface area contributed by atoms with Gasteiger partial charge in [0, 0.05) is 17.6 Å². The van der Waals surface area contributed by atoms with Crippen LogP contribution in [0.4, 0.5) is 0 Å². The highest BCUT2D eigenvalue weighted by Crippen LogP contribution is 2.23. The van der Waals surface area contributed by atoms with Crippen LogP contribution in [0.5, 0.6) is 0 Å². The lowest BCUT2D eigenvalue weighted by Gasteiger charge is -2.29. The zero-order valence-electron chi connectivity index (χ0n) is 15.8. The number of carbonyl (C=O) groups excluding carboxylic acids is 2. The highest BCUT2D eigenvalue weighted by molar-refractivity contribution is 9.10.